The van der Waals surface area contributed by atoms with Crippen molar-refractivity contribution in [3.63, 3.8) is 0 Å². The molecule has 2 heterocycles. The Morgan fingerprint density at radius 2 is 2.36 bits per heavy atom. The Labute approximate surface area is 130 Å². The summed E-state index contributed by atoms with van der Waals surface area (Å²) in [6.07, 6.45) is 7.19. The number of nitrogens with one attached hydrogen (secondary N) is 1. The zero-order chi connectivity index (χ0) is 15.4. The number of anilines is 1. The summed E-state index contributed by atoms with van der Waals surface area (Å²) < 4.78 is 7.54. The molecule has 0 bridgehead atoms. The molecule has 1 saturated heterocycles. The molecule has 3 rings (SSSR count). The number of ether oxygens (including phenoxy) is 1. The van der Waals surface area contributed by atoms with Crippen molar-refractivity contribution in [3.05, 3.63) is 47.8 Å². The summed E-state index contributed by atoms with van der Waals surface area (Å²) in [5.41, 5.74) is 2.43. The number of aryl methyl sites for hydroxylation is 1. The maximum atomic E-state index is 12.2. The molecule has 1 atom stereocenters. The number of nitrogens with zero attached hydrogens (tertiary/aromatic N) is 2. The molecule has 0 radical (unpaired) electrons. The first-order valence-electron chi connectivity index (χ1n) is 7.73. The maximum absolute atomic E-state index is 12.2. The number of carbonyl (C=O) groups excluding carboxylic acids is 1. The van der Waals surface area contributed by atoms with Crippen LogP contribution in [0.2, 0.25) is 0 Å². The minimum absolute atomic E-state index is 0.114. The van der Waals surface area contributed by atoms with Gasteiger partial charge in [0.1, 0.15) is 0 Å². The molecule has 1 unspecified atom stereocenters. The predicted molar refractivity (Wildman–Crippen MR) is 85.0 cm³/mol. The normalized spacial score (nSPS) is 18.1. The van der Waals surface area contributed by atoms with Crippen molar-refractivity contribution in [2.45, 2.75) is 38.8 Å². The topological polar surface area (TPSA) is 56.2 Å². The number of carbonyl (C=O) groups is 1. The van der Waals surface area contributed by atoms with E-state index < -0.39 is 0 Å². The van der Waals surface area contributed by atoms with E-state index in [-0.39, 0.29) is 12.0 Å². The lowest BCUT2D eigenvalue weighted by Crippen LogP contribution is -2.24. The van der Waals surface area contributed by atoms with Gasteiger partial charge in [-0.05, 0) is 38.3 Å². The van der Waals surface area contributed by atoms with Gasteiger partial charge in [-0.25, -0.2) is 0 Å². The third kappa shape index (κ3) is 3.74. The molecule has 5 nitrogen and oxygen atoms in total. The highest BCUT2D eigenvalue weighted by Gasteiger charge is 2.15. The van der Waals surface area contributed by atoms with E-state index in [1.807, 2.05) is 42.1 Å². The first-order valence-corrected chi connectivity index (χ1v) is 7.73. The van der Waals surface area contributed by atoms with Crippen molar-refractivity contribution in [2.75, 3.05) is 11.9 Å². The average Bonchev–Trinajstić information content (AvgIpc) is 2.95. The lowest BCUT2D eigenvalue weighted by molar-refractivity contribution is 0.00401. The Morgan fingerprint density at radius 3 is 3.14 bits per heavy atom. The molecule has 1 aliphatic heterocycles. The van der Waals surface area contributed by atoms with Gasteiger partial charge in [0, 0.05) is 18.4 Å². The molecule has 1 N–H and O–H groups in total. The van der Waals surface area contributed by atoms with E-state index in [1.54, 1.807) is 6.20 Å². The molecule has 0 saturated carbocycles. The van der Waals surface area contributed by atoms with Crippen LogP contribution >= 0.6 is 0 Å². The fourth-order valence-corrected chi connectivity index (χ4v) is 2.68. The Morgan fingerprint density at radius 1 is 1.45 bits per heavy atom. The van der Waals surface area contributed by atoms with E-state index in [0.717, 1.165) is 31.6 Å². The van der Waals surface area contributed by atoms with Crippen LogP contribution in [0.15, 0.2) is 36.7 Å². The van der Waals surface area contributed by atoms with E-state index >= 15 is 0 Å². The number of hydrogen-bond acceptors (Lipinski definition) is 3. The van der Waals surface area contributed by atoms with E-state index in [9.17, 15) is 4.79 Å². The fraction of sp³-hybridized carbons (Fsp3) is 0.412. The highest BCUT2D eigenvalue weighted by molar-refractivity contribution is 6.04. The monoisotopic (exact) mass is 299 g/mol. The van der Waals surface area contributed by atoms with Crippen molar-refractivity contribution in [3.8, 4) is 0 Å². The van der Waals surface area contributed by atoms with E-state index in [2.05, 4.69) is 10.4 Å². The molecule has 1 aromatic heterocycles. The molecule has 2 aromatic rings. The number of rotatable bonds is 4. The summed E-state index contributed by atoms with van der Waals surface area (Å²) in [6.45, 7) is 3.54. The Balaban J connectivity index is 1.60. The van der Waals surface area contributed by atoms with Crippen molar-refractivity contribution < 1.29 is 9.53 Å². The molecule has 1 aromatic carbocycles. The van der Waals surface area contributed by atoms with Gasteiger partial charge in [-0.2, -0.15) is 5.10 Å². The van der Waals surface area contributed by atoms with Crippen LogP contribution in [0.1, 0.15) is 35.2 Å². The Hall–Kier alpha value is -2.14. The molecule has 0 aliphatic carbocycles. The van der Waals surface area contributed by atoms with E-state index in [0.29, 0.717) is 11.3 Å². The highest BCUT2D eigenvalue weighted by Crippen LogP contribution is 2.15. The van der Waals surface area contributed by atoms with Crippen LogP contribution in [0.5, 0.6) is 0 Å². The highest BCUT2D eigenvalue weighted by atomic mass is 16.5. The summed E-state index contributed by atoms with van der Waals surface area (Å²) >= 11 is 0. The summed E-state index contributed by atoms with van der Waals surface area (Å²) in [5.74, 6) is -0.114. The molecule has 1 amide bonds. The van der Waals surface area contributed by atoms with Gasteiger partial charge in [0.2, 0.25) is 0 Å². The molecule has 22 heavy (non-hydrogen) atoms. The molecule has 0 spiro atoms. The number of benzene rings is 1. The van der Waals surface area contributed by atoms with Crippen molar-refractivity contribution in [2.24, 2.45) is 0 Å². The lowest BCUT2D eigenvalue weighted by Gasteiger charge is -2.22. The quantitative estimate of drug-likeness (QED) is 0.944. The summed E-state index contributed by atoms with van der Waals surface area (Å²) in [4.78, 5) is 12.2. The number of hydrogen-bond donors (Lipinski definition) is 1. The standard InChI is InChI=1S/C17H21N3O2/c1-13-5-4-6-14(9-13)17(21)19-15-10-18-20(11-15)12-16-7-2-3-8-22-16/h4-6,9-11,16H,2-3,7-8,12H2,1H3,(H,19,21). The molecule has 1 fully saturated rings. The van der Waals surface area contributed by atoms with Crippen LogP contribution in [0.4, 0.5) is 5.69 Å². The van der Waals surface area contributed by atoms with E-state index in [1.165, 1.54) is 6.42 Å². The van der Waals surface area contributed by atoms with Gasteiger partial charge in [-0.3, -0.25) is 9.48 Å². The summed E-state index contributed by atoms with van der Waals surface area (Å²) in [7, 11) is 0. The first kappa shape index (κ1) is 14.8. The molecular formula is C17H21N3O2. The van der Waals surface area contributed by atoms with Crippen LogP contribution in [0.25, 0.3) is 0 Å². The van der Waals surface area contributed by atoms with Gasteiger partial charge in [0.25, 0.3) is 5.91 Å². The average molecular weight is 299 g/mol. The second-order valence-electron chi connectivity index (χ2n) is 5.76. The van der Waals surface area contributed by atoms with Gasteiger partial charge in [0.05, 0.1) is 24.5 Å². The molecule has 5 heteroatoms. The van der Waals surface area contributed by atoms with Crippen molar-refractivity contribution in [1.82, 2.24) is 9.78 Å². The van der Waals surface area contributed by atoms with Crippen LogP contribution < -0.4 is 5.32 Å². The van der Waals surface area contributed by atoms with Crippen LogP contribution in [-0.4, -0.2) is 28.4 Å². The van der Waals surface area contributed by atoms with Crippen LogP contribution in [0.3, 0.4) is 0 Å². The zero-order valence-electron chi connectivity index (χ0n) is 12.8. The second-order valence-corrected chi connectivity index (χ2v) is 5.76. The summed E-state index contributed by atoms with van der Waals surface area (Å²) in [6, 6.07) is 7.53. The van der Waals surface area contributed by atoms with E-state index in [4.69, 9.17) is 4.74 Å². The predicted octanol–water partition coefficient (Wildman–Crippen LogP) is 3.01. The number of aromatic nitrogens is 2. The Kier molecular flexibility index (Phi) is 4.53. The van der Waals surface area contributed by atoms with Crippen molar-refractivity contribution in [1.29, 1.82) is 0 Å². The van der Waals surface area contributed by atoms with Gasteiger partial charge in [-0.15, -0.1) is 0 Å². The maximum Gasteiger partial charge on any atom is 0.255 e. The van der Waals surface area contributed by atoms with Gasteiger partial charge in [-0.1, -0.05) is 17.7 Å². The van der Waals surface area contributed by atoms with Gasteiger partial charge < -0.3 is 10.1 Å². The summed E-state index contributed by atoms with van der Waals surface area (Å²) in [5, 5.41) is 7.18. The number of amides is 1. The SMILES string of the molecule is Cc1cccc(C(=O)Nc2cnn(CC3CCCCO3)c2)c1. The largest absolute Gasteiger partial charge is 0.376 e. The molecule has 116 valence electrons. The molecular weight excluding hydrogens is 278 g/mol. The van der Waals surface area contributed by atoms with Crippen LogP contribution in [-0.2, 0) is 11.3 Å². The minimum Gasteiger partial charge on any atom is -0.376 e. The second kappa shape index (κ2) is 6.75. The van der Waals surface area contributed by atoms with Gasteiger partial charge >= 0.3 is 0 Å². The third-order valence-electron chi connectivity index (χ3n) is 3.84. The zero-order valence-corrected chi connectivity index (χ0v) is 12.8. The minimum atomic E-state index is -0.114. The molecule has 1 aliphatic rings. The Bertz CT molecular complexity index is 645. The van der Waals surface area contributed by atoms with Crippen molar-refractivity contribution >= 4 is 11.6 Å². The first-order chi connectivity index (χ1) is 10.7. The third-order valence-corrected chi connectivity index (χ3v) is 3.84. The fourth-order valence-electron chi connectivity index (χ4n) is 2.68. The lowest BCUT2D eigenvalue weighted by atomic mass is 10.1. The smallest absolute Gasteiger partial charge is 0.255 e. The van der Waals surface area contributed by atoms with Gasteiger partial charge in [0.15, 0.2) is 0 Å². The van der Waals surface area contributed by atoms with Crippen LogP contribution in [0, 0.1) is 6.92 Å².